The van der Waals surface area contributed by atoms with Crippen LogP contribution in [-0.2, 0) is 6.42 Å². The van der Waals surface area contributed by atoms with Gasteiger partial charge in [-0.3, -0.25) is 0 Å². The average Bonchev–Trinajstić information content (AvgIpc) is 3.31. The normalized spacial score (nSPS) is 17.8. The molecule has 0 unspecified atom stereocenters. The lowest BCUT2D eigenvalue weighted by Gasteiger charge is -2.13. The highest BCUT2D eigenvalue weighted by atomic mass is 19.1. The van der Waals surface area contributed by atoms with Crippen LogP contribution in [0.2, 0.25) is 0 Å². The van der Waals surface area contributed by atoms with Crippen molar-refractivity contribution in [3.63, 3.8) is 0 Å². The molecule has 3 heterocycles. The predicted octanol–water partition coefficient (Wildman–Crippen LogP) is 4.63. The van der Waals surface area contributed by atoms with Crippen LogP contribution in [0.25, 0.3) is 16.8 Å². The molecular formula is C21H17FN2O. The quantitative estimate of drug-likeness (QED) is 0.684. The van der Waals surface area contributed by atoms with Crippen molar-refractivity contribution < 1.29 is 9.13 Å². The van der Waals surface area contributed by atoms with Crippen LogP contribution in [0.15, 0.2) is 55.0 Å². The minimum absolute atomic E-state index is 0.0394. The van der Waals surface area contributed by atoms with Gasteiger partial charge in [0, 0.05) is 23.6 Å². The van der Waals surface area contributed by atoms with Crippen molar-refractivity contribution in [3.8, 4) is 17.0 Å². The van der Waals surface area contributed by atoms with Crippen LogP contribution < -0.4 is 4.74 Å². The lowest BCUT2D eigenvalue weighted by Crippen LogP contribution is -2.02. The lowest BCUT2D eigenvalue weighted by molar-refractivity contribution is 0.355. The summed E-state index contributed by atoms with van der Waals surface area (Å²) >= 11 is 0. The third kappa shape index (κ3) is 2.14. The molecule has 2 aromatic carbocycles. The summed E-state index contributed by atoms with van der Waals surface area (Å²) in [7, 11) is 0. The van der Waals surface area contributed by atoms with E-state index in [4.69, 9.17) is 4.74 Å². The van der Waals surface area contributed by atoms with Gasteiger partial charge in [0.2, 0.25) is 0 Å². The molecule has 0 N–H and O–H groups in total. The van der Waals surface area contributed by atoms with E-state index in [0.29, 0.717) is 17.9 Å². The summed E-state index contributed by atoms with van der Waals surface area (Å²) in [5.74, 6) is 0.448. The molecule has 0 saturated carbocycles. The second kappa shape index (κ2) is 5.31. The number of hydrogen-bond acceptors (Lipinski definition) is 2. The van der Waals surface area contributed by atoms with Gasteiger partial charge in [0.15, 0.2) is 0 Å². The molecule has 0 aliphatic carbocycles. The summed E-state index contributed by atoms with van der Waals surface area (Å²) in [4.78, 5) is 4.28. The first-order chi connectivity index (χ1) is 12.2. The Morgan fingerprint density at radius 2 is 2.20 bits per heavy atom. The zero-order chi connectivity index (χ0) is 17.0. The summed E-state index contributed by atoms with van der Waals surface area (Å²) in [5, 5.41) is 0. The van der Waals surface area contributed by atoms with Crippen molar-refractivity contribution in [1.82, 2.24) is 9.55 Å². The van der Waals surface area contributed by atoms with E-state index < -0.39 is 0 Å². The number of allylic oxidation sites excluding steroid dienone is 2. The van der Waals surface area contributed by atoms with Crippen LogP contribution >= 0.6 is 0 Å². The number of rotatable bonds is 2. The summed E-state index contributed by atoms with van der Waals surface area (Å²) in [6.07, 6.45) is 6.69. The predicted molar refractivity (Wildman–Crippen MR) is 95.1 cm³/mol. The Balaban J connectivity index is 1.61. The second-order valence-corrected chi connectivity index (χ2v) is 6.61. The number of hydrogen-bond donors (Lipinski definition) is 0. The highest BCUT2D eigenvalue weighted by molar-refractivity contribution is 5.73. The van der Waals surface area contributed by atoms with Crippen LogP contribution in [0, 0.1) is 5.82 Å². The van der Waals surface area contributed by atoms with Gasteiger partial charge in [0.25, 0.3) is 0 Å². The first-order valence-corrected chi connectivity index (χ1v) is 8.47. The van der Waals surface area contributed by atoms with E-state index in [1.807, 2.05) is 37.6 Å². The van der Waals surface area contributed by atoms with Gasteiger partial charge in [-0.1, -0.05) is 30.3 Å². The molecule has 0 spiro atoms. The van der Waals surface area contributed by atoms with Gasteiger partial charge in [-0.15, -0.1) is 0 Å². The maximum absolute atomic E-state index is 14.6. The van der Waals surface area contributed by atoms with Crippen LogP contribution in [0.4, 0.5) is 4.39 Å². The van der Waals surface area contributed by atoms with E-state index in [-0.39, 0.29) is 11.9 Å². The maximum Gasteiger partial charge on any atom is 0.134 e. The van der Waals surface area contributed by atoms with Crippen molar-refractivity contribution in [2.24, 2.45) is 0 Å². The molecule has 4 heteroatoms. The zero-order valence-corrected chi connectivity index (χ0v) is 13.9. The van der Waals surface area contributed by atoms with Crippen molar-refractivity contribution in [2.75, 3.05) is 6.61 Å². The summed E-state index contributed by atoms with van der Waals surface area (Å²) in [5.41, 5.74) is 6.18. The highest BCUT2D eigenvalue weighted by Gasteiger charge is 2.27. The molecule has 0 bridgehead atoms. The number of aromatic nitrogens is 2. The third-order valence-corrected chi connectivity index (χ3v) is 5.13. The number of halogens is 1. The van der Waals surface area contributed by atoms with Crippen LogP contribution in [0.1, 0.15) is 29.7 Å². The molecule has 124 valence electrons. The molecule has 5 rings (SSSR count). The minimum atomic E-state index is -0.230. The Labute approximate surface area is 145 Å². The monoisotopic (exact) mass is 332 g/mol. The summed E-state index contributed by atoms with van der Waals surface area (Å²) in [6.45, 7) is 2.60. The molecule has 1 atom stereocenters. The largest absolute Gasteiger partial charge is 0.493 e. The molecule has 2 aliphatic rings. The van der Waals surface area contributed by atoms with Gasteiger partial charge < -0.3 is 9.30 Å². The molecular weight excluding hydrogens is 315 g/mol. The minimum Gasteiger partial charge on any atom is -0.493 e. The van der Waals surface area contributed by atoms with E-state index >= 15 is 0 Å². The van der Waals surface area contributed by atoms with Gasteiger partial charge in [-0.2, -0.15) is 0 Å². The maximum atomic E-state index is 14.6. The first kappa shape index (κ1) is 14.5. The third-order valence-electron chi connectivity index (χ3n) is 5.13. The van der Waals surface area contributed by atoms with Gasteiger partial charge in [0.05, 0.1) is 30.9 Å². The molecule has 2 aliphatic heterocycles. The topological polar surface area (TPSA) is 27.1 Å². The number of ether oxygens (including phenoxy) is 1. The molecule has 0 fully saturated rings. The Hall–Kier alpha value is -2.88. The smallest absolute Gasteiger partial charge is 0.134 e. The standard InChI is InChI=1S/C21H17FN2O/c1-13(17-9-14-6-7-25-21(14)10-18(17)22)8-19-15-4-2-3-5-16(15)20-11-23-12-24(19)20/h2-5,8-12,19H,6-7H2,1H3/b13-8+/t19-/m1/s1. The number of fused-ring (bicyclic) bond motifs is 4. The van der Waals surface area contributed by atoms with Gasteiger partial charge in [-0.25, -0.2) is 9.37 Å². The number of imidazole rings is 1. The molecule has 0 saturated heterocycles. The van der Waals surface area contributed by atoms with Gasteiger partial charge in [0.1, 0.15) is 11.6 Å². The fourth-order valence-electron chi connectivity index (χ4n) is 3.87. The Bertz CT molecular complexity index is 1020. The molecule has 3 nitrogen and oxygen atoms in total. The summed E-state index contributed by atoms with van der Waals surface area (Å²) < 4.78 is 22.2. The fourth-order valence-corrected chi connectivity index (χ4v) is 3.87. The summed E-state index contributed by atoms with van der Waals surface area (Å²) in [6, 6.07) is 11.8. The van der Waals surface area contributed by atoms with Crippen molar-refractivity contribution in [3.05, 3.63) is 77.5 Å². The number of nitrogens with zero attached hydrogens (tertiary/aromatic N) is 2. The van der Waals surface area contributed by atoms with Crippen molar-refractivity contribution in [1.29, 1.82) is 0 Å². The van der Waals surface area contributed by atoms with Gasteiger partial charge >= 0.3 is 0 Å². The Morgan fingerprint density at radius 3 is 3.12 bits per heavy atom. The van der Waals surface area contributed by atoms with Crippen LogP contribution in [0.3, 0.4) is 0 Å². The van der Waals surface area contributed by atoms with E-state index in [0.717, 1.165) is 23.3 Å². The second-order valence-electron chi connectivity index (χ2n) is 6.61. The van der Waals surface area contributed by atoms with Crippen LogP contribution in [0.5, 0.6) is 5.75 Å². The molecule has 0 radical (unpaired) electrons. The average molecular weight is 332 g/mol. The molecule has 25 heavy (non-hydrogen) atoms. The first-order valence-electron chi connectivity index (χ1n) is 8.47. The number of benzene rings is 2. The van der Waals surface area contributed by atoms with Crippen molar-refractivity contribution >= 4 is 5.57 Å². The van der Waals surface area contributed by atoms with E-state index in [1.54, 1.807) is 0 Å². The lowest BCUT2D eigenvalue weighted by atomic mass is 9.97. The SMILES string of the molecule is C/C(=C\[C@@H]1c2ccccc2-c2cncn21)c1cc2c(cc1F)OCC2. The van der Waals surface area contributed by atoms with Crippen LogP contribution in [-0.4, -0.2) is 16.2 Å². The van der Waals surface area contributed by atoms with E-state index in [1.165, 1.54) is 17.2 Å². The zero-order valence-electron chi connectivity index (χ0n) is 13.9. The van der Waals surface area contributed by atoms with E-state index in [2.05, 4.69) is 27.8 Å². The van der Waals surface area contributed by atoms with Gasteiger partial charge in [-0.05, 0) is 29.7 Å². The fraction of sp³-hybridized carbons (Fsp3) is 0.190. The Morgan fingerprint density at radius 1 is 1.32 bits per heavy atom. The van der Waals surface area contributed by atoms with Crippen molar-refractivity contribution in [2.45, 2.75) is 19.4 Å². The molecule has 0 amide bonds. The van der Waals surface area contributed by atoms with E-state index in [9.17, 15) is 4.39 Å². The molecule has 3 aromatic rings. The molecule has 1 aromatic heterocycles. The Kier molecular flexibility index (Phi) is 3.07. The highest BCUT2D eigenvalue weighted by Crippen LogP contribution is 2.41.